The Morgan fingerprint density at radius 1 is 1.53 bits per heavy atom. The van der Waals surface area contributed by atoms with Crippen molar-refractivity contribution in [3.05, 3.63) is 33.9 Å². The Hall–Kier alpha value is -1.14. The molecular formula is C13H17BrN2O3. The van der Waals surface area contributed by atoms with Gasteiger partial charge in [-0.1, -0.05) is 22.0 Å². The molecule has 0 spiro atoms. The summed E-state index contributed by atoms with van der Waals surface area (Å²) >= 11 is 3.33. The molecule has 1 aromatic rings. The van der Waals surface area contributed by atoms with Gasteiger partial charge < -0.3 is 9.64 Å². The summed E-state index contributed by atoms with van der Waals surface area (Å²) in [7, 11) is 1.65. The maximum Gasteiger partial charge on any atom is 0.292 e. The van der Waals surface area contributed by atoms with E-state index in [0.29, 0.717) is 30.2 Å². The molecule has 1 aliphatic rings. The minimum absolute atomic E-state index is 0.181. The molecule has 2 rings (SSSR count). The zero-order valence-corrected chi connectivity index (χ0v) is 12.4. The van der Waals surface area contributed by atoms with Gasteiger partial charge in [0.05, 0.1) is 11.5 Å². The highest BCUT2D eigenvalue weighted by molar-refractivity contribution is 9.08. The second-order valence-corrected chi connectivity index (χ2v) is 5.19. The Morgan fingerprint density at radius 3 is 2.79 bits per heavy atom. The van der Waals surface area contributed by atoms with E-state index >= 15 is 0 Å². The molecule has 0 saturated heterocycles. The molecule has 1 aromatic carbocycles. The summed E-state index contributed by atoms with van der Waals surface area (Å²) in [5, 5.41) is 11.9. The zero-order valence-electron chi connectivity index (χ0n) is 10.8. The molecular weight excluding hydrogens is 312 g/mol. The van der Waals surface area contributed by atoms with Crippen LogP contribution in [0.2, 0.25) is 0 Å². The van der Waals surface area contributed by atoms with Crippen molar-refractivity contribution < 1.29 is 9.66 Å². The number of ether oxygens (including phenoxy) is 1. The number of benzene rings is 1. The van der Waals surface area contributed by atoms with Gasteiger partial charge in [0.2, 0.25) is 0 Å². The molecule has 1 fully saturated rings. The molecule has 0 amide bonds. The Kier molecular flexibility index (Phi) is 4.76. The molecule has 0 radical (unpaired) electrons. The fraction of sp³-hybridized carbons (Fsp3) is 0.538. The second kappa shape index (κ2) is 6.34. The molecule has 0 N–H and O–H groups in total. The third-order valence-corrected chi connectivity index (χ3v) is 3.87. The van der Waals surface area contributed by atoms with Crippen LogP contribution in [0.3, 0.4) is 0 Å². The predicted molar refractivity (Wildman–Crippen MR) is 78.0 cm³/mol. The van der Waals surface area contributed by atoms with E-state index in [-0.39, 0.29) is 10.6 Å². The Labute approximate surface area is 120 Å². The topological polar surface area (TPSA) is 55.6 Å². The van der Waals surface area contributed by atoms with Crippen LogP contribution in [-0.2, 0) is 10.1 Å². The minimum Gasteiger partial charge on any atom is -0.383 e. The summed E-state index contributed by atoms with van der Waals surface area (Å²) in [5.41, 5.74) is 1.80. The van der Waals surface area contributed by atoms with Crippen LogP contribution in [-0.4, -0.2) is 31.2 Å². The van der Waals surface area contributed by atoms with Crippen molar-refractivity contribution in [2.45, 2.75) is 24.2 Å². The van der Waals surface area contributed by atoms with Crippen LogP contribution in [0.15, 0.2) is 18.2 Å². The van der Waals surface area contributed by atoms with Crippen LogP contribution in [0.1, 0.15) is 18.4 Å². The second-order valence-electron chi connectivity index (χ2n) is 4.63. The molecule has 6 heteroatoms. The Morgan fingerprint density at radius 2 is 2.26 bits per heavy atom. The van der Waals surface area contributed by atoms with Gasteiger partial charge in [-0.05, 0) is 24.5 Å². The van der Waals surface area contributed by atoms with Crippen molar-refractivity contribution in [2.75, 3.05) is 25.2 Å². The van der Waals surface area contributed by atoms with E-state index in [2.05, 4.69) is 20.8 Å². The number of halogens is 1. The van der Waals surface area contributed by atoms with E-state index < -0.39 is 0 Å². The lowest BCUT2D eigenvalue weighted by molar-refractivity contribution is -0.384. The lowest BCUT2D eigenvalue weighted by Gasteiger charge is -2.24. The minimum atomic E-state index is -0.302. The van der Waals surface area contributed by atoms with Crippen LogP contribution in [0.25, 0.3) is 0 Å². The third kappa shape index (κ3) is 3.45. The number of hydrogen-bond acceptors (Lipinski definition) is 4. The normalized spacial score (nSPS) is 14.4. The fourth-order valence-corrected chi connectivity index (χ4v) is 2.47. The zero-order chi connectivity index (χ0) is 13.8. The summed E-state index contributed by atoms with van der Waals surface area (Å²) in [4.78, 5) is 13.0. The monoisotopic (exact) mass is 328 g/mol. The van der Waals surface area contributed by atoms with Crippen molar-refractivity contribution in [1.29, 1.82) is 0 Å². The van der Waals surface area contributed by atoms with E-state index in [1.165, 1.54) is 0 Å². The van der Waals surface area contributed by atoms with Crippen molar-refractivity contribution in [3.63, 3.8) is 0 Å². The van der Waals surface area contributed by atoms with Crippen molar-refractivity contribution >= 4 is 27.3 Å². The third-order valence-electron chi connectivity index (χ3n) is 3.22. The van der Waals surface area contributed by atoms with Crippen LogP contribution in [0, 0.1) is 10.1 Å². The van der Waals surface area contributed by atoms with Crippen LogP contribution >= 0.6 is 15.9 Å². The Balaban J connectivity index is 2.32. The molecule has 0 heterocycles. The van der Waals surface area contributed by atoms with Crippen LogP contribution in [0.4, 0.5) is 11.4 Å². The van der Waals surface area contributed by atoms with Crippen LogP contribution in [0.5, 0.6) is 0 Å². The molecule has 1 saturated carbocycles. The van der Waals surface area contributed by atoms with Gasteiger partial charge in [-0.3, -0.25) is 10.1 Å². The van der Waals surface area contributed by atoms with Gasteiger partial charge in [0.25, 0.3) is 5.69 Å². The summed E-state index contributed by atoms with van der Waals surface area (Å²) in [6.07, 6.45) is 2.20. The molecule has 5 nitrogen and oxygen atoms in total. The van der Waals surface area contributed by atoms with Gasteiger partial charge in [-0.2, -0.15) is 0 Å². The fourth-order valence-electron chi connectivity index (χ4n) is 2.12. The van der Waals surface area contributed by atoms with E-state index in [1.54, 1.807) is 13.2 Å². The van der Waals surface area contributed by atoms with E-state index in [0.717, 1.165) is 18.4 Å². The number of nitrogens with zero attached hydrogens (tertiary/aromatic N) is 2. The number of nitro groups is 1. The molecule has 0 bridgehead atoms. The first-order valence-electron chi connectivity index (χ1n) is 6.26. The SMILES string of the molecule is COCCN(c1ccc(CBr)cc1[N+](=O)[O-])C1CC1. The van der Waals surface area contributed by atoms with E-state index in [4.69, 9.17) is 4.74 Å². The number of hydrogen-bond donors (Lipinski definition) is 0. The number of rotatable bonds is 7. The number of anilines is 1. The maximum absolute atomic E-state index is 11.2. The molecule has 104 valence electrons. The first kappa shape index (κ1) is 14.3. The molecule has 0 aliphatic heterocycles. The predicted octanol–water partition coefficient (Wildman–Crippen LogP) is 3.10. The summed E-state index contributed by atoms with van der Waals surface area (Å²) in [6, 6.07) is 5.84. The smallest absolute Gasteiger partial charge is 0.292 e. The average Bonchev–Trinajstić information content (AvgIpc) is 3.23. The van der Waals surface area contributed by atoms with Gasteiger partial charge in [0.1, 0.15) is 5.69 Å². The first-order chi connectivity index (χ1) is 9.17. The molecule has 0 aromatic heterocycles. The molecule has 19 heavy (non-hydrogen) atoms. The lowest BCUT2D eigenvalue weighted by Crippen LogP contribution is -2.30. The van der Waals surface area contributed by atoms with Crippen molar-refractivity contribution in [2.24, 2.45) is 0 Å². The number of nitro benzene ring substituents is 1. The van der Waals surface area contributed by atoms with Crippen LogP contribution < -0.4 is 4.90 Å². The van der Waals surface area contributed by atoms with Crippen molar-refractivity contribution in [1.82, 2.24) is 0 Å². The molecule has 1 aliphatic carbocycles. The summed E-state index contributed by atoms with van der Waals surface area (Å²) in [6.45, 7) is 1.27. The maximum atomic E-state index is 11.2. The average molecular weight is 329 g/mol. The van der Waals surface area contributed by atoms with Gasteiger partial charge in [-0.15, -0.1) is 0 Å². The number of alkyl halides is 1. The van der Waals surface area contributed by atoms with E-state index in [1.807, 2.05) is 12.1 Å². The first-order valence-corrected chi connectivity index (χ1v) is 7.38. The quantitative estimate of drug-likeness (QED) is 0.438. The Bertz CT molecular complexity index is 463. The highest BCUT2D eigenvalue weighted by Gasteiger charge is 2.32. The van der Waals surface area contributed by atoms with Crippen molar-refractivity contribution in [3.8, 4) is 0 Å². The summed E-state index contributed by atoms with van der Waals surface area (Å²) < 4.78 is 5.10. The molecule has 0 unspecified atom stereocenters. The van der Waals surface area contributed by atoms with Gasteiger partial charge in [-0.25, -0.2) is 0 Å². The largest absolute Gasteiger partial charge is 0.383 e. The highest BCUT2D eigenvalue weighted by atomic mass is 79.9. The van der Waals surface area contributed by atoms with Gasteiger partial charge in [0, 0.05) is 31.1 Å². The summed E-state index contributed by atoms with van der Waals surface area (Å²) in [5.74, 6) is 0. The van der Waals surface area contributed by atoms with Gasteiger partial charge in [0.15, 0.2) is 0 Å². The lowest BCUT2D eigenvalue weighted by atomic mass is 10.1. The molecule has 0 atom stereocenters. The van der Waals surface area contributed by atoms with E-state index in [9.17, 15) is 10.1 Å². The van der Waals surface area contributed by atoms with Gasteiger partial charge >= 0.3 is 0 Å². The standard InChI is InChI=1S/C13H17BrN2O3/c1-19-7-6-15(11-3-4-11)12-5-2-10(9-14)8-13(12)16(17)18/h2,5,8,11H,3-4,6-7,9H2,1H3. The highest BCUT2D eigenvalue weighted by Crippen LogP contribution is 2.37. The number of methoxy groups -OCH3 is 1.